The molecular weight excluding hydrogens is 584 g/mol. The quantitative estimate of drug-likeness (QED) is 0.376. The number of hydrogen-bond donors (Lipinski definition) is 3. The summed E-state index contributed by atoms with van der Waals surface area (Å²) < 4.78 is 11.9. The second kappa shape index (κ2) is 16.3. The van der Waals surface area contributed by atoms with Crippen molar-refractivity contribution in [2.75, 3.05) is 33.4 Å². The smallest absolute Gasteiger partial charge is 0.255 e. The number of ether oxygens (including phenoxy) is 2. The third-order valence-electron chi connectivity index (χ3n) is 7.39. The van der Waals surface area contributed by atoms with Gasteiger partial charge in [0.15, 0.2) is 0 Å². The van der Waals surface area contributed by atoms with Gasteiger partial charge in [0.25, 0.3) is 5.91 Å². The fourth-order valence-electron chi connectivity index (χ4n) is 4.89. The third kappa shape index (κ3) is 9.87. The lowest BCUT2D eigenvalue weighted by atomic mass is 10.0. The minimum atomic E-state index is -1.02. The van der Waals surface area contributed by atoms with E-state index in [9.17, 15) is 19.2 Å². The van der Waals surface area contributed by atoms with Gasteiger partial charge in [0.2, 0.25) is 17.7 Å². The monoisotopic (exact) mass is 628 g/mol. The largest absolute Gasteiger partial charge is 0.491 e. The zero-order chi connectivity index (χ0) is 32.4. The van der Waals surface area contributed by atoms with Crippen molar-refractivity contribution in [1.82, 2.24) is 20.9 Å². The van der Waals surface area contributed by atoms with E-state index in [-0.39, 0.29) is 68.4 Å². The van der Waals surface area contributed by atoms with Crippen LogP contribution in [0.3, 0.4) is 0 Å². The molecule has 4 amide bonds. The minimum Gasteiger partial charge on any atom is -0.491 e. The molecule has 0 aliphatic carbocycles. The molecule has 0 bridgehead atoms. The molecule has 10 nitrogen and oxygen atoms in total. The van der Waals surface area contributed by atoms with Gasteiger partial charge in [0.05, 0.1) is 18.7 Å². The summed E-state index contributed by atoms with van der Waals surface area (Å²) in [6.07, 6.45) is 0.422. The average molecular weight is 629 g/mol. The molecule has 2 atom stereocenters. The highest BCUT2D eigenvalue weighted by molar-refractivity contribution is 6.31. The SMILES string of the molecule is Cc1cc(OCCNC(=O)[C@@H]2CCC(=O)N[C@H](CC(C)C)C(=O)N(C)CCOc3ccccc3C(=O)N2)c(C(C)C)cc1Cl. The Morgan fingerprint density at radius 3 is 2.57 bits per heavy atom. The lowest BCUT2D eigenvalue weighted by Crippen LogP contribution is -2.50. The van der Waals surface area contributed by atoms with Crippen LogP contribution in [-0.2, 0) is 14.4 Å². The number of carbonyl (C=O) groups excluding carboxylic acids is 4. The molecule has 1 heterocycles. The van der Waals surface area contributed by atoms with Gasteiger partial charge in [-0.2, -0.15) is 0 Å². The number of aryl methyl sites for hydroxylation is 1. The van der Waals surface area contributed by atoms with Gasteiger partial charge in [0, 0.05) is 18.5 Å². The van der Waals surface area contributed by atoms with E-state index in [4.69, 9.17) is 21.1 Å². The Hall–Kier alpha value is -3.79. The fraction of sp³-hybridized carbons (Fsp3) is 0.515. The molecule has 1 aliphatic heterocycles. The molecule has 0 unspecified atom stereocenters. The van der Waals surface area contributed by atoms with Crippen molar-refractivity contribution >= 4 is 35.2 Å². The van der Waals surface area contributed by atoms with Crippen molar-refractivity contribution in [2.45, 2.75) is 71.9 Å². The maximum Gasteiger partial charge on any atom is 0.255 e. The van der Waals surface area contributed by atoms with Gasteiger partial charge in [-0.25, -0.2) is 0 Å². The number of benzene rings is 2. The number of amides is 4. The average Bonchev–Trinajstić information content (AvgIpc) is 2.97. The summed E-state index contributed by atoms with van der Waals surface area (Å²) in [6, 6.07) is 8.76. The van der Waals surface area contributed by atoms with Crippen molar-refractivity contribution in [1.29, 1.82) is 0 Å². The molecule has 0 radical (unpaired) electrons. The first kappa shape index (κ1) is 34.7. The number of para-hydroxylation sites is 1. The van der Waals surface area contributed by atoms with Gasteiger partial charge in [0.1, 0.15) is 36.8 Å². The van der Waals surface area contributed by atoms with Crippen LogP contribution in [0.1, 0.15) is 74.4 Å². The summed E-state index contributed by atoms with van der Waals surface area (Å²) in [5.74, 6) is -0.177. The maximum atomic E-state index is 13.3. The van der Waals surface area contributed by atoms with Crippen molar-refractivity contribution in [3.05, 3.63) is 58.1 Å². The number of hydrogen-bond acceptors (Lipinski definition) is 6. The number of carbonyl (C=O) groups is 4. The Balaban J connectivity index is 1.76. The van der Waals surface area contributed by atoms with Crippen molar-refractivity contribution in [3.8, 4) is 11.5 Å². The zero-order valence-electron chi connectivity index (χ0n) is 26.5. The molecule has 240 valence electrons. The van der Waals surface area contributed by atoms with Crippen molar-refractivity contribution in [3.63, 3.8) is 0 Å². The number of likely N-dealkylation sites (N-methyl/N-ethyl adjacent to an activating group) is 1. The summed E-state index contributed by atoms with van der Waals surface area (Å²) in [5, 5.41) is 9.10. The molecule has 2 aromatic rings. The minimum absolute atomic E-state index is 0.0274. The zero-order valence-corrected chi connectivity index (χ0v) is 27.3. The Bertz CT molecular complexity index is 1330. The molecule has 3 N–H and O–H groups in total. The Morgan fingerprint density at radius 2 is 1.86 bits per heavy atom. The van der Waals surface area contributed by atoms with Crippen LogP contribution in [0.2, 0.25) is 5.02 Å². The number of rotatable bonds is 8. The first-order valence-electron chi connectivity index (χ1n) is 15.1. The van der Waals surface area contributed by atoms with Gasteiger partial charge < -0.3 is 30.3 Å². The number of nitrogens with zero attached hydrogens (tertiary/aromatic N) is 1. The summed E-state index contributed by atoms with van der Waals surface area (Å²) in [6.45, 7) is 10.7. The van der Waals surface area contributed by atoms with Crippen LogP contribution in [0.4, 0.5) is 0 Å². The standard InChI is InChI=1S/C33H45ClN4O6/c1-20(2)17-27-33(42)38(6)14-16-44-28-10-8-7-9-23(28)31(40)37-26(11-12-30(39)36-27)32(41)35-13-15-43-29-18-22(5)25(34)19-24(29)21(3)4/h7-10,18-21,26-27H,11-17H2,1-6H3,(H,35,41)(H,36,39)(H,37,40)/t26-,27+/m0/s1. The molecule has 44 heavy (non-hydrogen) atoms. The van der Waals surface area contributed by atoms with Crippen LogP contribution in [0, 0.1) is 12.8 Å². The van der Waals surface area contributed by atoms with Crippen LogP contribution < -0.4 is 25.4 Å². The van der Waals surface area contributed by atoms with E-state index in [1.165, 1.54) is 4.90 Å². The molecular formula is C33H45ClN4O6. The van der Waals surface area contributed by atoms with Crippen LogP contribution in [0.5, 0.6) is 11.5 Å². The highest BCUT2D eigenvalue weighted by Crippen LogP contribution is 2.32. The van der Waals surface area contributed by atoms with Gasteiger partial charge in [-0.1, -0.05) is 51.4 Å². The van der Waals surface area contributed by atoms with E-state index in [0.717, 1.165) is 11.1 Å². The Kier molecular flexibility index (Phi) is 12.9. The van der Waals surface area contributed by atoms with E-state index in [1.807, 2.05) is 46.8 Å². The van der Waals surface area contributed by atoms with E-state index < -0.39 is 23.9 Å². The van der Waals surface area contributed by atoms with Crippen molar-refractivity contribution in [2.24, 2.45) is 5.92 Å². The number of halogens is 1. The Morgan fingerprint density at radius 1 is 1.14 bits per heavy atom. The summed E-state index contributed by atoms with van der Waals surface area (Å²) >= 11 is 6.31. The van der Waals surface area contributed by atoms with Gasteiger partial charge in [-0.3, -0.25) is 19.2 Å². The normalized spacial score (nSPS) is 18.5. The molecule has 0 aromatic heterocycles. The summed E-state index contributed by atoms with van der Waals surface area (Å²) in [4.78, 5) is 54.3. The lowest BCUT2D eigenvalue weighted by Gasteiger charge is -2.26. The number of nitrogens with one attached hydrogen (secondary N) is 3. The predicted molar refractivity (Wildman–Crippen MR) is 170 cm³/mol. The Labute approximate surface area is 265 Å². The summed E-state index contributed by atoms with van der Waals surface area (Å²) in [5.41, 5.74) is 2.10. The molecule has 1 aliphatic rings. The molecule has 3 rings (SSSR count). The molecule has 0 fully saturated rings. The van der Waals surface area contributed by atoms with Crippen LogP contribution in [0.15, 0.2) is 36.4 Å². The van der Waals surface area contributed by atoms with Crippen molar-refractivity contribution < 1.29 is 28.7 Å². The molecule has 11 heteroatoms. The predicted octanol–water partition coefficient (Wildman–Crippen LogP) is 4.23. The van der Waals surface area contributed by atoms with Gasteiger partial charge in [-0.05, 0) is 67.0 Å². The maximum absolute atomic E-state index is 13.3. The van der Waals surface area contributed by atoms with Gasteiger partial charge in [-0.15, -0.1) is 0 Å². The number of fused-ring (bicyclic) bond motifs is 1. The molecule has 0 saturated heterocycles. The second-order valence-corrected chi connectivity index (χ2v) is 12.3. The molecule has 2 aromatic carbocycles. The molecule has 0 saturated carbocycles. The lowest BCUT2D eigenvalue weighted by molar-refractivity contribution is -0.136. The van der Waals surface area contributed by atoms with Crippen LogP contribution >= 0.6 is 11.6 Å². The fourth-order valence-corrected chi connectivity index (χ4v) is 5.07. The van der Waals surface area contributed by atoms with Crippen LogP contribution in [-0.4, -0.2) is 74.0 Å². The van der Waals surface area contributed by atoms with E-state index in [1.54, 1.807) is 31.3 Å². The van der Waals surface area contributed by atoms with Crippen LogP contribution in [0.25, 0.3) is 0 Å². The first-order chi connectivity index (χ1) is 20.9. The first-order valence-corrected chi connectivity index (χ1v) is 15.5. The van der Waals surface area contributed by atoms with E-state index >= 15 is 0 Å². The third-order valence-corrected chi connectivity index (χ3v) is 7.79. The highest BCUT2D eigenvalue weighted by Gasteiger charge is 2.28. The topological polar surface area (TPSA) is 126 Å². The highest BCUT2D eigenvalue weighted by atomic mass is 35.5. The summed E-state index contributed by atoms with van der Waals surface area (Å²) in [7, 11) is 1.66. The van der Waals surface area contributed by atoms with Gasteiger partial charge >= 0.3 is 0 Å². The molecule has 0 spiro atoms. The van der Waals surface area contributed by atoms with E-state index in [2.05, 4.69) is 16.0 Å². The van der Waals surface area contributed by atoms with E-state index in [0.29, 0.717) is 22.9 Å². The second-order valence-electron chi connectivity index (χ2n) is 11.9.